The van der Waals surface area contributed by atoms with Gasteiger partial charge in [-0.05, 0) is 78.9 Å². The van der Waals surface area contributed by atoms with E-state index in [-0.39, 0.29) is 13.0 Å². The molecule has 0 radical (unpaired) electrons. The summed E-state index contributed by atoms with van der Waals surface area (Å²) in [4.78, 5) is 31.2. The number of nitriles is 1. The van der Waals surface area contributed by atoms with E-state index in [1.807, 2.05) is 18.2 Å². The number of rotatable bonds is 5. The van der Waals surface area contributed by atoms with Crippen molar-refractivity contribution in [2.75, 3.05) is 13.7 Å². The summed E-state index contributed by atoms with van der Waals surface area (Å²) in [6, 6.07) is 9.13. The average Bonchev–Trinajstić information content (AvgIpc) is 3.42. The minimum Gasteiger partial charge on any atom is -0.469 e. The molecular weight excluding hydrogens is 550 g/mol. The third-order valence-corrected chi connectivity index (χ3v) is 7.23. The number of hydrogen-bond acceptors (Lipinski definition) is 7. The summed E-state index contributed by atoms with van der Waals surface area (Å²) in [5.41, 5.74) is 2.71. The highest BCUT2D eigenvalue weighted by atomic mass is 79.9. The lowest BCUT2D eigenvalue weighted by Crippen LogP contribution is -2.40. The third kappa shape index (κ3) is 5.06. The fourth-order valence-corrected chi connectivity index (χ4v) is 4.94. The number of hydrogen-bond donors (Lipinski definition) is 0. The van der Waals surface area contributed by atoms with Crippen LogP contribution in [0.5, 0.6) is 0 Å². The number of methoxy groups -OCH3 is 1. The van der Waals surface area contributed by atoms with Gasteiger partial charge in [0.15, 0.2) is 5.58 Å². The van der Waals surface area contributed by atoms with Crippen molar-refractivity contribution in [1.29, 1.82) is 5.26 Å². The van der Waals surface area contributed by atoms with E-state index in [1.54, 1.807) is 26.8 Å². The number of fused-ring (bicyclic) bond motifs is 2. The second-order valence-electron chi connectivity index (χ2n) is 9.45. The number of aromatic nitrogens is 1. The molecule has 0 unspecified atom stereocenters. The third-order valence-electron chi connectivity index (χ3n) is 5.93. The number of nitrogens with zero attached hydrogens (tertiary/aromatic N) is 3. The molecule has 0 fully saturated rings. The summed E-state index contributed by atoms with van der Waals surface area (Å²) in [7, 11) is 1.31. The fourth-order valence-electron chi connectivity index (χ4n) is 4.36. The number of esters is 1. The Kier molecular flexibility index (Phi) is 7.30. The molecule has 8 nitrogen and oxygen atoms in total. The molecule has 36 heavy (non-hydrogen) atoms. The van der Waals surface area contributed by atoms with Gasteiger partial charge in [0.1, 0.15) is 22.8 Å². The molecule has 1 aliphatic rings. The Bertz CT molecular complexity index is 1390. The summed E-state index contributed by atoms with van der Waals surface area (Å²) in [6.45, 7) is 5.47. The highest BCUT2D eigenvalue weighted by molar-refractivity contribution is 9.10. The predicted molar refractivity (Wildman–Crippen MR) is 138 cm³/mol. The number of carbonyl (C=O) groups is 2. The molecule has 0 spiro atoms. The molecule has 0 saturated carbocycles. The van der Waals surface area contributed by atoms with E-state index in [2.05, 4.69) is 27.0 Å². The molecule has 1 aliphatic carbocycles. The number of halogens is 2. The van der Waals surface area contributed by atoms with Gasteiger partial charge in [-0.25, -0.2) is 9.78 Å². The average molecular weight is 575 g/mol. The lowest BCUT2D eigenvalue weighted by atomic mass is 10.0. The Labute approximate surface area is 222 Å². The SMILES string of the molecule is COC(=O)CCN(C(=O)OC(C)(C)C)[C@H]1CCc2c1cc1nc(-c3cccc(Br)c3Cl)oc1c2C#N. The maximum Gasteiger partial charge on any atom is 0.410 e. The van der Waals surface area contributed by atoms with E-state index in [4.69, 9.17) is 25.5 Å². The summed E-state index contributed by atoms with van der Waals surface area (Å²) < 4.78 is 17.1. The first-order valence-electron chi connectivity index (χ1n) is 11.4. The summed E-state index contributed by atoms with van der Waals surface area (Å²) >= 11 is 9.86. The van der Waals surface area contributed by atoms with Gasteiger partial charge in [0, 0.05) is 11.0 Å². The predicted octanol–water partition coefficient (Wildman–Crippen LogP) is 6.57. The molecule has 1 aromatic heterocycles. The van der Waals surface area contributed by atoms with Gasteiger partial charge in [0.25, 0.3) is 0 Å². The van der Waals surface area contributed by atoms with Gasteiger partial charge in [-0.15, -0.1) is 0 Å². The van der Waals surface area contributed by atoms with Crippen molar-refractivity contribution < 1.29 is 23.5 Å². The second-order valence-corrected chi connectivity index (χ2v) is 10.7. The number of benzene rings is 2. The number of ether oxygens (including phenoxy) is 2. The van der Waals surface area contributed by atoms with Crippen LogP contribution in [0.1, 0.15) is 56.3 Å². The van der Waals surface area contributed by atoms with Crippen molar-refractivity contribution >= 4 is 50.7 Å². The van der Waals surface area contributed by atoms with E-state index < -0.39 is 23.7 Å². The van der Waals surface area contributed by atoms with Crippen LogP contribution in [0.25, 0.3) is 22.6 Å². The van der Waals surface area contributed by atoms with Crippen LogP contribution in [0.3, 0.4) is 0 Å². The van der Waals surface area contributed by atoms with Crippen LogP contribution < -0.4 is 0 Å². The van der Waals surface area contributed by atoms with Crippen LogP contribution in [0.15, 0.2) is 33.2 Å². The van der Waals surface area contributed by atoms with Crippen molar-refractivity contribution in [3.8, 4) is 17.5 Å². The zero-order valence-corrected chi connectivity index (χ0v) is 22.7. The monoisotopic (exact) mass is 573 g/mol. The van der Waals surface area contributed by atoms with E-state index in [1.165, 1.54) is 12.0 Å². The largest absolute Gasteiger partial charge is 0.469 e. The van der Waals surface area contributed by atoms with Crippen molar-refractivity contribution in [1.82, 2.24) is 9.88 Å². The lowest BCUT2D eigenvalue weighted by molar-refractivity contribution is -0.141. The van der Waals surface area contributed by atoms with Crippen LogP contribution in [0.2, 0.25) is 5.02 Å². The van der Waals surface area contributed by atoms with Crippen molar-refractivity contribution in [3.05, 3.63) is 50.5 Å². The minimum absolute atomic E-state index is 0.0183. The van der Waals surface area contributed by atoms with Gasteiger partial charge in [-0.2, -0.15) is 5.26 Å². The maximum absolute atomic E-state index is 13.2. The van der Waals surface area contributed by atoms with Crippen LogP contribution in [-0.2, 0) is 20.7 Å². The normalized spacial score (nSPS) is 14.9. The van der Waals surface area contributed by atoms with Crippen LogP contribution in [0.4, 0.5) is 4.79 Å². The second kappa shape index (κ2) is 10.1. The first kappa shape index (κ1) is 26.0. The highest BCUT2D eigenvalue weighted by Gasteiger charge is 2.36. The molecule has 4 rings (SSSR count). The molecule has 3 aromatic rings. The van der Waals surface area contributed by atoms with Gasteiger partial charge in [-0.3, -0.25) is 4.79 Å². The number of amides is 1. The molecule has 2 aromatic carbocycles. The van der Waals surface area contributed by atoms with Crippen molar-refractivity contribution in [3.63, 3.8) is 0 Å². The molecular formula is C26H25BrClN3O5. The maximum atomic E-state index is 13.2. The van der Waals surface area contributed by atoms with Crippen LogP contribution in [-0.4, -0.2) is 41.2 Å². The molecule has 0 bridgehead atoms. The summed E-state index contributed by atoms with van der Waals surface area (Å²) in [6.07, 6.45) is 0.611. The Morgan fingerprint density at radius 3 is 2.78 bits per heavy atom. The van der Waals surface area contributed by atoms with Gasteiger partial charge >= 0.3 is 12.1 Å². The molecule has 0 N–H and O–H groups in total. The fraction of sp³-hybridized carbons (Fsp3) is 0.385. The standard InChI is InChI=1S/C26H25BrClN3O5/c1-26(2,3)36-25(33)31(11-10-21(32)34-4)20-9-8-14-16(20)12-19-23(17(14)13-29)35-24(30-19)15-6-5-7-18(27)22(15)28/h5-7,12,20H,8-11H2,1-4H3/t20-/m0/s1. The molecule has 10 heteroatoms. The lowest BCUT2D eigenvalue weighted by Gasteiger charge is -2.32. The van der Waals surface area contributed by atoms with Gasteiger partial charge in [-0.1, -0.05) is 17.7 Å². The summed E-state index contributed by atoms with van der Waals surface area (Å²) in [5.74, 6) is -0.135. The zero-order chi connectivity index (χ0) is 26.2. The zero-order valence-electron chi connectivity index (χ0n) is 20.4. The van der Waals surface area contributed by atoms with Gasteiger partial charge in [0.05, 0.1) is 30.2 Å². The van der Waals surface area contributed by atoms with E-state index in [0.29, 0.717) is 50.5 Å². The quantitative estimate of drug-likeness (QED) is 0.317. The van der Waals surface area contributed by atoms with Gasteiger partial charge < -0.3 is 18.8 Å². The molecule has 188 valence electrons. The number of oxazole rings is 1. The Morgan fingerprint density at radius 1 is 1.36 bits per heavy atom. The Hall–Kier alpha value is -3.09. The van der Waals surface area contributed by atoms with Crippen molar-refractivity contribution in [2.24, 2.45) is 0 Å². The van der Waals surface area contributed by atoms with E-state index in [9.17, 15) is 14.9 Å². The summed E-state index contributed by atoms with van der Waals surface area (Å²) in [5, 5.41) is 10.5. The molecule has 0 saturated heterocycles. The highest BCUT2D eigenvalue weighted by Crippen LogP contribution is 2.43. The van der Waals surface area contributed by atoms with E-state index >= 15 is 0 Å². The van der Waals surface area contributed by atoms with E-state index in [0.717, 1.165) is 11.1 Å². The van der Waals surface area contributed by atoms with Crippen molar-refractivity contribution in [2.45, 2.75) is 51.7 Å². The molecule has 1 heterocycles. The Balaban J connectivity index is 1.79. The van der Waals surface area contributed by atoms with Crippen LogP contribution >= 0.6 is 27.5 Å². The smallest absolute Gasteiger partial charge is 0.410 e. The minimum atomic E-state index is -0.714. The van der Waals surface area contributed by atoms with Gasteiger partial charge in [0.2, 0.25) is 5.89 Å². The Morgan fingerprint density at radius 2 is 2.11 bits per heavy atom. The molecule has 1 amide bonds. The first-order valence-corrected chi connectivity index (χ1v) is 12.6. The number of carbonyl (C=O) groups excluding carboxylic acids is 2. The molecule has 1 atom stereocenters. The topological polar surface area (TPSA) is 106 Å². The first-order chi connectivity index (χ1) is 17.0. The van der Waals surface area contributed by atoms with Crippen LogP contribution in [0, 0.1) is 11.3 Å². The molecule has 0 aliphatic heterocycles.